The fourth-order valence-corrected chi connectivity index (χ4v) is 2.59. The Hall–Kier alpha value is -1.02. The van der Waals surface area contributed by atoms with Gasteiger partial charge in [-0.25, -0.2) is 4.39 Å². The van der Waals surface area contributed by atoms with Gasteiger partial charge in [-0.2, -0.15) is 22.0 Å². The molecule has 2 aromatic carbocycles. The zero-order chi connectivity index (χ0) is 17.5. The summed E-state index contributed by atoms with van der Waals surface area (Å²) < 4.78 is 84.4. The second kappa shape index (κ2) is 6.12. The Morgan fingerprint density at radius 1 is 0.565 bits per heavy atom. The molecule has 0 spiro atoms. The highest BCUT2D eigenvalue weighted by Crippen LogP contribution is 2.57. The van der Waals surface area contributed by atoms with Crippen LogP contribution in [-0.4, -0.2) is 6.18 Å². The third kappa shape index (κ3) is 3.15. The third-order valence-electron chi connectivity index (χ3n) is 3.27. The monoisotopic (exact) mass is 460 g/mol. The summed E-state index contributed by atoms with van der Waals surface area (Å²) in [4.78, 5) is 0. The molecule has 0 radical (unpaired) electrons. The van der Waals surface area contributed by atoms with E-state index in [1.807, 2.05) is 0 Å². The van der Waals surface area contributed by atoms with Crippen molar-refractivity contribution < 1.29 is 26.3 Å². The van der Waals surface area contributed by atoms with Crippen LogP contribution in [0, 0.1) is 0 Å². The highest BCUT2D eigenvalue weighted by molar-refractivity contribution is 9.10. The minimum atomic E-state index is -5.81. The summed E-state index contributed by atoms with van der Waals surface area (Å²) in [7, 11) is 0. The molecule has 0 bridgehead atoms. The van der Waals surface area contributed by atoms with E-state index in [1.54, 1.807) is 0 Å². The van der Waals surface area contributed by atoms with Gasteiger partial charge in [-0.3, -0.25) is 0 Å². The molecule has 0 saturated carbocycles. The smallest absolute Gasteiger partial charge is 0.221 e. The Kier molecular flexibility index (Phi) is 4.88. The fraction of sp³-hybridized carbons (Fsp3) is 0.200. The van der Waals surface area contributed by atoms with Crippen molar-refractivity contribution in [2.75, 3.05) is 0 Å². The molecule has 1 unspecified atom stereocenters. The molecule has 0 nitrogen and oxygen atoms in total. The molecule has 1 atom stereocenters. The summed E-state index contributed by atoms with van der Waals surface area (Å²) in [5, 5.41) is 0. The van der Waals surface area contributed by atoms with Gasteiger partial charge in [0.15, 0.2) is 0 Å². The van der Waals surface area contributed by atoms with Crippen LogP contribution in [-0.2, 0) is 11.6 Å². The van der Waals surface area contributed by atoms with E-state index in [9.17, 15) is 26.3 Å². The van der Waals surface area contributed by atoms with Crippen LogP contribution in [0.15, 0.2) is 57.5 Å². The number of rotatable bonds is 3. The molecule has 0 N–H and O–H groups in total. The van der Waals surface area contributed by atoms with Gasteiger partial charge in [-0.15, -0.1) is 0 Å². The maximum atomic E-state index is 14.8. The van der Waals surface area contributed by atoms with E-state index in [4.69, 9.17) is 0 Å². The van der Waals surface area contributed by atoms with Crippen molar-refractivity contribution in [3.63, 3.8) is 0 Å². The second-order valence-electron chi connectivity index (χ2n) is 4.74. The topological polar surface area (TPSA) is 0 Å². The van der Waals surface area contributed by atoms with E-state index in [1.165, 1.54) is 0 Å². The largest absolute Gasteiger partial charge is 0.433 e. The number of benzene rings is 2. The predicted molar refractivity (Wildman–Crippen MR) is 81.0 cm³/mol. The minimum absolute atomic E-state index is 0.345. The van der Waals surface area contributed by atoms with E-state index in [0.29, 0.717) is 21.1 Å². The van der Waals surface area contributed by atoms with Crippen LogP contribution in [0.2, 0.25) is 0 Å². The molecule has 0 aromatic heterocycles. The number of halogens is 8. The van der Waals surface area contributed by atoms with Gasteiger partial charge >= 0.3 is 12.1 Å². The van der Waals surface area contributed by atoms with Gasteiger partial charge in [0.25, 0.3) is 5.67 Å². The molecule has 0 aliphatic rings. The Morgan fingerprint density at radius 3 is 1.26 bits per heavy atom. The van der Waals surface area contributed by atoms with Gasteiger partial charge in [0.05, 0.1) is 0 Å². The Labute approximate surface area is 144 Å². The molecular weight excluding hydrogens is 454 g/mol. The predicted octanol–water partition coefficient (Wildman–Crippen LogP) is 6.73. The second-order valence-corrected chi connectivity index (χ2v) is 6.58. The molecule has 8 heteroatoms. The van der Waals surface area contributed by atoms with Gasteiger partial charge in [0, 0.05) is 20.1 Å². The Morgan fingerprint density at radius 2 is 0.913 bits per heavy atom. The fourth-order valence-electron chi connectivity index (χ4n) is 2.06. The van der Waals surface area contributed by atoms with Crippen LogP contribution in [0.25, 0.3) is 0 Å². The Bertz CT molecular complexity index is 679. The SMILES string of the molecule is FC(F)(F)C(F)(c1ccc(Br)cc1)C(F)(F)c1ccc(Br)cc1. The zero-order valence-electron chi connectivity index (χ0n) is 11.1. The molecule has 0 aliphatic carbocycles. The maximum Gasteiger partial charge on any atom is 0.433 e. The lowest BCUT2D eigenvalue weighted by molar-refractivity contribution is -0.314. The number of hydrogen-bond donors (Lipinski definition) is 0. The maximum absolute atomic E-state index is 14.8. The lowest BCUT2D eigenvalue weighted by Gasteiger charge is -2.35. The average molecular weight is 462 g/mol. The standard InChI is InChI=1S/C15H8Br2F6/c16-11-5-1-9(2-6-11)13(18,15(21,22)23)14(19,20)10-3-7-12(17)8-4-10/h1-8H. The lowest BCUT2D eigenvalue weighted by Crippen LogP contribution is -2.51. The molecule has 23 heavy (non-hydrogen) atoms. The normalized spacial score (nSPS) is 15.3. The number of alkyl halides is 6. The van der Waals surface area contributed by atoms with E-state index in [0.717, 1.165) is 36.4 Å². The van der Waals surface area contributed by atoms with E-state index in [-0.39, 0.29) is 0 Å². The van der Waals surface area contributed by atoms with Crippen molar-refractivity contribution in [2.45, 2.75) is 17.8 Å². The zero-order valence-corrected chi connectivity index (χ0v) is 14.3. The van der Waals surface area contributed by atoms with E-state index in [2.05, 4.69) is 31.9 Å². The van der Waals surface area contributed by atoms with Crippen LogP contribution in [0.3, 0.4) is 0 Å². The van der Waals surface area contributed by atoms with Crippen molar-refractivity contribution >= 4 is 31.9 Å². The summed E-state index contributed by atoms with van der Waals surface area (Å²) in [5.41, 5.74) is -7.08. The van der Waals surface area contributed by atoms with Gasteiger partial charge in [-0.1, -0.05) is 56.1 Å². The van der Waals surface area contributed by atoms with Crippen LogP contribution >= 0.6 is 31.9 Å². The molecule has 0 saturated heterocycles. The van der Waals surface area contributed by atoms with Gasteiger partial charge in [0.2, 0.25) is 0 Å². The lowest BCUT2D eigenvalue weighted by atomic mass is 9.84. The van der Waals surface area contributed by atoms with Crippen LogP contribution in [0.5, 0.6) is 0 Å². The highest BCUT2D eigenvalue weighted by Gasteiger charge is 2.72. The molecule has 0 heterocycles. The quantitative estimate of drug-likeness (QED) is 0.444. The van der Waals surface area contributed by atoms with Crippen LogP contribution in [0.1, 0.15) is 11.1 Å². The summed E-state index contributed by atoms with van der Waals surface area (Å²) >= 11 is 5.96. The molecule has 0 amide bonds. The molecule has 0 aliphatic heterocycles. The first kappa shape index (κ1) is 18.3. The molecule has 124 valence electrons. The first-order valence-electron chi connectivity index (χ1n) is 6.15. The minimum Gasteiger partial charge on any atom is -0.221 e. The average Bonchev–Trinajstić information content (AvgIpc) is 2.46. The molecular formula is C15H8Br2F6. The van der Waals surface area contributed by atoms with Crippen molar-refractivity contribution in [3.05, 3.63) is 68.6 Å². The van der Waals surface area contributed by atoms with Gasteiger partial charge in [-0.05, 0) is 24.3 Å². The van der Waals surface area contributed by atoms with Crippen LogP contribution < -0.4 is 0 Å². The van der Waals surface area contributed by atoms with Crippen molar-refractivity contribution in [2.24, 2.45) is 0 Å². The third-order valence-corrected chi connectivity index (χ3v) is 4.33. The molecule has 2 aromatic rings. The Balaban J connectivity index is 2.66. The molecule has 0 fully saturated rings. The summed E-state index contributed by atoms with van der Waals surface area (Å²) in [5.74, 6) is -4.81. The van der Waals surface area contributed by atoms with Crippen molar-refractivity contribution in [1.82, 2.24) is 0 Å². The van der Waals surface area contributed by atoms with E-state index < -0.39 is 28.9 Å². The first-order chi connectivity index (χ1) is 10.5. The van der Waals surface area contributed by atoms with Gasteiger partial charge in [0.1, 0.15) is 0 Å². The summed E-state index contributed by atoms with van der Waals surface area (Å²) in [6.45, 7) is 0. The highest BCUT2D eigenvalue weighted by atomic mass is 79.9. The van der Waals surface area contributed by atoms with Crippen molar-refractivity contribution in [3.8, 4) is 0 Å². The van der Waals surface area contributed by atoms with Crippen LogP contribution in [0.4, 0.5) is 26.3 Å². The summed E-state index contributed by atoms with van der Waals surface area (Å²) in [6, 6.07) is 7.28. The summed E-state index contributed by atoms with van der Waals surface area (Å²) in [6.07, 6.45) is -5.81. The number of hydrogen-bond acceptors (Lipinski definition) is 0. The molecule has 2 rings (SSSR count). The van der Waals surface area contributed by atoms with Gasteiger partial charge < -0.3 is 0 Å². The first-order valence-corrected chi connectivity index (χ1v) is 7.74. The van der Waals surface area contributed by atoms with Crippen molar-refractivity contribution in [1.29, 1.82) is 0 Å². The van der Waals surface area contributed by atoms with E-state index >= 15 is 0 Å².